The lowest BCUT2D eigenvalue weighted by atomic mass is 9.94. The van der Waals surface area contributed by atoms with E-state index in [1.165, 1.54) is 25.7 Å². The van der Waals surface area contributed by atoms with Crippen LogP contribution in [0.1, 0.15) is 32.6 Å². The molecular weight excluding hydrogens is 172 g/mol. The number of nitrogens with zero attached hydrogens (tertiary/aromatic N) is 2. The Morgan fingerprint density at radius 2 is 2.21 bits per heavy atom. The zero-order valence-electron chi connectivity index (χ0n) is 9.24. The van der Waals surface area contributed by atoms with Crippen LogP contribution in [0.25, 0.3) is 0 Å². The molecule has 2 nitrogen and oxygen atoms in total. The number of hydrogen-bond donors (Lipinski definition) is 0. The van der Waals surface area contributed by atoms with E-state index < -0.39 is 0 Å². The molecule has 2 aliphatic carbocycles. The molecule has 4 atom stereocenters. The van der Waals surface area contributed by atoms with Crippen molar-refractivity contribution in [2.45, 2.75) is 38.6 Å². The second-order valence-corrected chi connectivity index (χ2v) is 5.21. The van der Waals surface area contributed by atoms with Crippen molar-refractivity contribution in [2.24, 2.45) is 17.8 Å². The first-order chi connectivity index (χ1) is 6.70. The lowest BCUT2D eigenvalue weighted by Crippen LogP contribution is -2.38. The molecular formula is C12H20N2. The summed E-state index contributed by atoms with van der Waals surface area (Å²) in [5.41, 5.74) is 0. The van der Waals surface area contributed by atoms with E-state index >= 15 is 0 Å². The molecule has 78 valence electrons. The van der Waals surface area contributed by atoms with Gasteiger partial charge in [-0.15, -0.1) is 0 Å². The minimum absolute atomic E-state index is 0.180. The molecule has 0 aromatic heterocycles. The summed E-state index contributed by atoms with van der Waals surface area (Å²) in [5, 5.41) is 8.78. The Kier molecular flexibility index (Phi) is 2.78. The molecule has 2 rings (SSSR count). The normalized spacial score (nSPS) is 37.4. The lowest BCUT2D eigenvalue weighted by Gasteiger charge is -2.32. The van der Waals surface area contributed by atoms with E-state index in [1.54, 1.807) is 0 Å². The van der Waals surface area contributed by atoms with Gasteiger partial charge < -0.3 is 4.90 Å². The highest BCUT2D eigenvalue weighted by Crippen LogP contribution is 2.46. The fourth-order valence-electron chi connectivity index (χ4n) is 3.36. The quantitative estimate of drug-likeness (QED) is 0.686. The molecule has 2 heteroatoms. The molecule has 4 unspecified atom stereocenters. The van der Waals surface area contributed by atoms with Gasteiger partial charge >= 0.3 is 0 Å². The predicted octanol–water partition coefficient (Wildman–Crippen LogP) is 2.27. The third kappa shape index (κ3) is 1.79. The van der Waals surface area contributed by atoms with Gasteiger partial charge in [0.15, 0.2) is 0 Å². The van der Waals surface area contributed by atoms with E-state index in [1.807, 2.05) is 6.92 Å². The van der Waals surface area contributed by atoms with E-state index in [4.69, 9.17) is 5.26 Å². The standard InChI is InChI=1S/C12H20N2/c1-9(7-13)8-14(2)12-6-10-3-4-11(12)5-10/h9-12H,3-6,8H2,1-2H3. The molecule has 0 amide bonds. The fraction of sp³-hybridized carbons (Fsp3) is 0.917. The summed E-state index contributed by atoms with van der Waals surface area (Å²) in [4.78, 5) is 2.43. The average Bonchev–Trinajstić information content (AvgIpc) is 2.78. The average molecular weight is 192 g/mol. The first kappa shape index (κ1) is 9.98. The van der Waals surface area contributed by atoms with Gasteiger partial charge in [-0.05, 0) is 45.1 Å². The summed E-state index contributed by atoms with van der Waals surface area (Å²) in [5.74, 6) is 2.12. The first-order valence-corrected chi connectivity index (χ1v) is 5.80. The zero-order chi connectivity index (χ0) is 10.1. The van der Waals surface area contributed by atoms with Gasteiger partial charge in [-0.3, -0.25) is 0 Å². The molecule has 2 fully saturated rings. The summed E-state index contributed by atoms with van der Waals surface area (Å²) < 4.78 is 0. The number of nitriles is 1. The third-order valence-electron chi connectivity index (χ3n) is 4.05. The number of hydrogen-bond acceptors (Lipinski definition) is 2. The Hall–Kier alpha value is -0.550. The first-order valence-electron chi connectivity index (χ1n) is 5.80. The van der Waals surface area contributed by atoms with Crippen LogP contribution in [0.2, 0.25) is 0 Å². The second-order valence-electron chi connectivity index (χ2n) is 5.21. The van der Waals surface area contributed by atoms with Crippen LogP contribution in [0, 0.1) is 29.1 Å². The molecule has 0 saturated heterocycles. The highest BCUT2D eigenvalue weighted by atomic mass is 15.1. The van der Waals surface area contributed by atoms with Crippen LogP contribution in [0.4, 0.5) is 0 Å². The smallest absolute Gasteiger partial charge is 0.0666 e. The molecule has 14 heavy (non-hydrogen) atoms. The topological polar surface area (TPSA) is 27.0 Å². The third-order valence-corrected chi connectivity index (χ3v) is 4.05. The molecule has 0 aromatic rings. The summed E-state index contributed by atoms with van der Waals surface area (Å²) in [6.45, 7) is 2.97. The Bertz CT molecular complexity index is 243. The fourth-order valence-corrected chi connectivity index (χ4v) is 3.36. The molecule has 0 radical (unpaired) electrons. The van der Waals surface area contributed by atoms with Crippen LogP contribution >= 0.6 is 0 Å². The van der Waals surface area contributed by atoms with Crippen LogP contribution in [0.15, 0.2) is 0 Å². The lowest BCUT2D eigenvalue weighted by molar-refractivity contribution is 0.166. The van der Waals surface area contributed by atoms with Crippen LogP contribution in [-0.2, 0) is 0 Å². The highest BCUT2D eigenvalue weighted by Gasteiger charge is 2.41. The Morgan fingerprint density at radius 1 is 1.43 bits per heavy atom. The highest BCUT2D eigenvalue weighted by molar-refractivity contribution is 4.95. The van der Waals surface area contributed by atoms with E-state index in [2.05, 4.69) is 18.0 Å². The maximum Gasteiger partial charge on any atom is 0.0666 e. The van der Waals surface area contributed by atoms with Crippen molar-refractivity contribution in [1.29, 1.82) is 5.26 Å². The molecule has 0 spiro atoms. The van der Waals surface area contributed by atoms with E-state index in [-0.39, 0.29) is 5.92 Å². The van der Waals surface area contributed by atoms with Gasteiger partial charge in [-0.1, -0.05) is 6.42 Å². The minimum atomic E-state index is 0.180. The Balaban J connectivity index is 1.87. The van der Waals surface area contributed by atoms with Crippen molar-refractivity contribution < 1.29 is 0 Å². The molecule has 0 aromatic carbocycles. The summed E-state index contributed by atoms with van der Waals surface area (Å²) in [6, 6.07) is 3.10. The Morgan fingerprint density at radius 3 is 2.71 bits per heavy atom. The Labute approximate surface area is 86.9 Å². The predicted molar refractivity (Wildman–Crippen MR) is 56.6 cm³/mol. The largest absolute Gasteiger partial charge is 0.302 e. The van der Waals surface area contributed by atoms with E-state index in [0.717, 1.165) is 24.4 Å². The van der Waals surface area contributed by atoms with Crippen molar-refractivity contribution in [2.75, 3.05) is 13.6 Å². The van der Waals surface area contributed by atoms with E-state index in [9.17, 15) is 0 Å². The molecule has 2 aliphatic rings. The maximum atomic E-state index is 8.78. The molecule has 2 saturated carbocycles. The van der Waals surface area contributed by atoms with Gasteiger partial charge in [-0.25, -0.2) is 0 Å². The van der Waals surface area contributed by atoms with Gasteiger partial charge in [0.2, 0.25) is 0 Å². The van der Waals surface area contributed by atoms with Crippen LogP contribution in [0.5, 0.6) is 0 Å². The molecule has 2 bridgehead atoms. The van der Waals surface area contributed by atoms with Gasteiger partial charge in [0.25, 0.3) is 0 Å². The van der Waals surface area contributed by atoms with Crippen LogP contribution in [-0.4, -0.2) is 24.5 Å². The number of rotatable bonds is 3. The summed E-state index contributed by atoms with van der Waals surface area (Å²) in [6.07, 6.45) is 5.73. The summed E-state index contributed by atoms with van der Waals surface area (Å²) >= 11 is 0. The van der Waals surface area contributed by atoms with Crippen molar-refractivity contribution in [3.05, 3.63) is 0 Å². The second kappa shape index (κ2) is 3.90. The minimum Gasteiger partial charge on any atom is -0.302 e. The van der Waals surface area contributed by atoms with E-state index in [0.29, 0.717) is 0 Å². The molecule has 0 N–H and O–H groups in total. The number of fused-ring (bicyclic) bond motifs is 2. The monoisotopic (exact) mass is 192 g/mol. The molecule has 0 aliphatic heterocycles. The SMILES string of the molecule is CC(C#N)CN(C)C1CC2CCC1C2. The van der Waals surface area contributed by atoms with Gasteiger partial charge in [0.05, 0.1) is 12.0 Å². The van der Waals surface area contributed by atoms with Crippen molar-refractivity contribution in [3.63, 3.8) is 0 Å². The van der Waals surface area contributed by atoms with Gasteiger partial charge in [0, 0.05) is 12.6 Å². The zero-order valence-corrected chi connectivity index (χ0v) is 9.24. The maximum absolute atomic E-state index is 8.78. The van der Waals surface area contributed by atoms with Gasteiger partial charge in [-0.2, -0.15) is 5.26 Å². The van der Waals surface area contributed by atoms with Crippen molar-refractivity contribution in [3.8, 4) is 6.07 Å². The van der Waals surface area contributed by atoms with Gasteiger partial charge in [0.1, 0.15) is 0 Å². The van der Waals surface area contributed by atoms with Crippen LogP contribution in [0.3, 0.4) is 0 Å². The molecule has 0 heterocycles. The van der Waals surface area contributed by atoms with Crippen molar-refractivity contribution in [1.82, 2.24) is 4.90 Å². The summed E-state index contributed by atoms with van der Waals surface area (Å²) in [7, 11) is 2.19. The van der Waals surface area contributed by atoms with Crippen LogP contribution < -0.4 is 0 Å². The van der Waals surface area contributed by atoms with Crippen molar-refractivity contribution >= 4 is 0 Å².